The minimum Gasteiger partial charge on any atom is -0.207 e. The molecule has 0 nitrogen and oxygen atoms in total. The molecular weight excluding hydrogens is 100 g/mol. The molecular formula is C3H8S2. The first kappa shape index (κ1) is 3.75. The molecule has 0 aromatic heterocycles. The van der Waals surface area contributed by atoms with Crippen molar-refractivity contribution >= 4 is 19.8 Å². The van der Waals surface area contributed by atoms with Gasteiger partial charge in [-0.3, -0.25) is 0 Å². The van der Waals surface area contributed by atoms with E-state index in [4.69, 9.17) is 11.2 Å². The third-order valence-electron chi connectivity index (χ3n) is 0.853. The molecule has 0 N–H and O–H groups in total. The van der Waals surface area contributed by atoms with Crippen LogP contribution in [-0.4, -0.2) is 17.8 Å². The summed E-state index contributed by atoms with van der Waals surface area (Å²) < 4.78 is 0. The number of hydrogen-bond acceptors (Lipinski definition) is 1. The standard InChI is InChI=1S/C3H8S2/c1-5(4)2-3-5/h5H,2-3H2,1H3. The van der Waals surface area contributed by atoms with Gasteiger partial charge in [-0.15, -0.1) is 0 Å². The smallest absolute Gasteiger partial charge is 0.0124 e. The molecule has 1 saturated heterocycles. The SMILES string of the molecule is C[SH]1(=S)CC1. The van der Waals surface area contributed by atoms with E-state index in [1.165, 1.54) is 11.5 Å². The summed E-state index contributed by atoms with van der Waals surface area (Å²) in [4.78, 5) is 0. The average molecular weight is 108 g/mol. The molecule has 0 saturated carbocycles. The third kappa shape index (κ3) is 0.973. The van der Waals surface area contributed by atoms with Crippen LogP contribution in [0.1, 0.15) is 0 Å². The van der Waals surface area contributed by atoms with Gasteiger partial charge in [0.1, 0.15) is 0 Å². The van der Waals surface area contributed by atoms with E-state index >= 15 is 0 Å². The van der Waals surface area contributed by atoms with E-state index in [0.29, 0.717) is 0 Å². The summed E-state index contributed by atoms with van der Waals surface area (Å²) in [7, 11) is -0.556. The molecule has 0 aliphatic carbocycles. The largest absolute Gasteiger partial charge is 0.207 e. The highest BCUT2D eigenvalue weighted by molar-refractivity contribution is 8.44. The molecule has 1 fully saturated rings. The molecule has 1 aliphatic rings. The Labute approximate surface area is 38.1 Å². The zero-order valence-corrected chi connectivity index (χ0v) is 4.98. The molecule has 1 aliphatic heterocycles. The number of thiol groups is 1. The predicted molar refractivity (Wildman–Crippen MR) is 31.8 cm³/mol. The van der Waals surface area contributed by atoms with Gasteiger partial charge >= 0.3 is 0 Å². The molecule has 0 aromatic rings. The Morgan fingerprint density at radius 2 is 1.80 bits per heavy atom. The lowest BCUT2D eigenvalue weighted by Gasteiger charge is -1.79. The van der Waals surface area contributed by atoms with E-state index < -0.39 is 8.59 Å². The summed E-state index contributed by atoms with van der Waals surface area (Å²) in [6, 6.07) is 0. The van der Waals surface area contributed by atoms with Crippen molar-refractivity contribution < 1.29 is 0 Å². The average Bonchev–Trinajstić information content (AvgIpc) is 1.76. The molecule has 32 valence electrons. The zero-order chi connectivity index (χ0) is 3.91. The molecule has 5 heavy (non-hydrogen) atoms. The van der Waals surface area contributed by atoms with Gasteiger partial charge in [0.05, 0.1) is 0 Å². The van der Waals surface area contributed by atoms with Crippen molar-refractivity contribution in [1.29, 1.82) is 0 Å². The second kappa shape index (κ2) is 0.793. The lowest BCUT2D eigenvalue weighted by Crippen LogP contribution is -1.73. The first-order chi connectivity index (χ1) is 2.21. The number of hydrogen-bond donors (Lipinski definition) is 1. The Morgan fingerprint density at radius 3 is 1.80 bits per heavy atom. The second-order valence-corrected chi connectivity index (χ2v) is 7.88. The molecule has 1 heterocycles. The Hall–Kier alpha value is 0.570. The summed E-state index contributed by atoms with van der Waals surface area (Å²) in [5, 5.41) is 0. The fourth-order valence-corrected chi connectivity index (χ4v) is 2.00. The molecule has 0 bridgehead atoms. The lowest BCUT2D eigenvalue weighted by atomic mass is 11.0. The predicted octanol–water partition coefficient (Wildman–Crippen LogP) is -0.0220. The highest BCUT2D eigenvalue weighted by atomic mass is 32.9. The van der Waals surface area contributed by atoms with Crippen molar-refractivity contribution in [2.75, 3.05) is 17.8 Å². The van der Waals surface area contributed by atoms with Crippen LogP contribution >= 0.6 is 0 Å². The van der Waals surface area contributed by atoms with E-state index in [2.05, 4.69) is 6.26 Å². The van der Waals surface area contributed by atoms with Crippen molar-refractivity contribution in [3.05, 3.63) is 0 Å². The molecule has 0 unspecified atom stereocenters. The fraction of sp³-hybridized carbons (Fsp3) is 1.00. The minimum absolute atomic E-state index is 0.556. The van der Waals surface area contributed by atoms with Crippen molar-refractivity contribution in [1.82, 2.24) is 0 Å². The van der Waals surface area contributed by atoms with Crippen molar-refractivity contribution in [2.45, 2.75) is 0 Å². The van der Waals surface area contributed by atoms with Crippen LogP contribution in [0.25, 0.3) is 0 Å². The first-order valence-electron chi connectivity index (χ1n) is 1.76. The van der Waals surface area contributed by atoms with E-state index in [0.717, 1.165) is 0 Å². The minimum atomic E-state index is -0.556. The van der Waals surface area contributed by atoms with E-state index in [1.807, 2.05) is 0 Å². The molecule has 0 spiro atoms. The maximum absolute atomic E-state index is 5.05. The Balaban J connectivity index is 2.72. The van der Waals surface area contributed by atoms with Gasteiger partial charge < -0.3 is 0 Å². The molecule has 0 atom stereocenters. The fourth-order valence-electron chi connectivity index (χ4n) is 0.141. The van der Waals surface area contributed by atoms with Crippen LogP contribution in [-0.2, 0) is 19.8 Å². The van der Waals surface area contributed by atoms with Gasteiger partial charge in [-0.05, 0) is 17.8 Å². The van der Waals surface area contributed by atoms with Crippen LogP contribution in [0.15, 0.2) is 0 Å². The van der Waals surface area contributed by atoms with Gasteiger partial charge in [-0.1, -0.05) is 11.2 Å². The van der Waals surface area contributed by atoms with Crippen LogP contribution in [0.5, 0.6) is 0 Å². The normalized spacial score (nSPS) is 36.2. The zero-order valence-electron chi connectivity index (χ0n) is 3.27. The highest BCUT2D eigenvalue weighted by Crippen LogP contribution is 2.14. The van der Waals surface area contributed by atoms with Gasteiger partial charge in [0.2, 0.25) is 0 Å². The molecule has 2 heteroatoms. The van der Waals surface area contributed by atoms with Crippen molar-refractivity contribution in [2.24, 2.45) is 0 Å². The molecule has 0 aromatic carbocycles. The summed E-state index contributed by atoms with van der Waals surface area (Å²) in [6.45, 7) is 0. The highest BCUT2D eigenvalue weighted by Gasteiger charge is 2.17. The number of rotatable bonds is 0. The van der Waals surface area contributed by atoms with E-state index in [1.54, 1.807) is 0 Å². The van der Waals surface area contributed by atoms with Gasteiger partial charge in [0, 0.05) is 0 Å². The maximum atomic E-state index is 5.05. The van der Waals surface area contributed by atoms with Gasteiger partial charge in [0.15, 0.2) is 0 Å². The molecule has 0 radical (unpaired) electrons. The topological polar surface area (TPSA) is 0 Å². The molecule has 1 rings (SSSR count). The Bertz CT molecular complexity index is 76.9. The third-order valence-corrected chi connectivity index (χ3v) is 3.66. The second-order valence-electron chi connectivity index (χ2n) is 1.74. The van der Waals surface area contributed by atoms with Crippen LogP contribution in [0, 0.1) is 0 Å². The summed E-state index contributed by atoms with van der Waals surface area (Å²) in [6.07, 6.45) is 2.22. The monoisotopic (exact) mass is 108 g/mol. The molecule has 0 amide bonds. The van der Waals surface area contributed by atoms with Gasteiger partial charge in [0.25, 0.3) is 0 Å². The van der Waals surface area contributed by atoms with Crippen LogP contribution in [0.2, 0.25) is 0 Å². The summed E-state index contributed by atoms with van der Waals surface area (Å²) >= 11 is 5.05. The van der Waals surface area contributed by atoms with Gasteiger partial charge in [-0.25, -0.2) is 8.59 Å². The first-order valence-corrected chi connectivity index (χ1v) is 5.38. The van der Waals surface area contributed by atoms with E-state index in [9.17, 15) is 0 Å². The van der Waals surface area contributed by atoms with Crippen LogP contribution < -0.4 is 0 Å². The van der Waals surface area contributed by atoms with Crippen molar-refractivity contribution in [3.63, 3.8) is 0 Å². The Morgan fingerprint density at radius 1 is 1.60 bits per heavy atom. The lowest BCUT2D eigenvalue weighted by molar-refractivity contribution is 1.75. The van der Waals surface area contributed by atoms with Crippen LogP contribution in [0.4, 0.5) is 0 Å². The summed E-state index contributed by atoms with van der Waals surface area (Å²) in [5.74, 6) is 2.75. The van der Waals surface area contributed by atoms with Crippen LogP contribution in [0.3, 0.4) is 0 Å². The summed E-state index contributed by atoms with van der Waals surface area (Å²) in [5.41, 5.74) is 0. The maximum Gasteiger partial charge on any atom is -0.0124 e. The van der Waals surface area contributed by atoms with Gasteiger partial charge in [-0.2, -0.15) is 0 Å². The van der Waals surface area contributed by atoms with E-state index in [-0.39, 0.29) is 0 Å². The quantitative estimate of drug-likeness (QED) is 0.336. The van der Waals surface area contributed by atoms with Crippen molar-refractivity contribution in [3.8, 4) is 0 Å². The Kier molecular flexibility index (Phi) is 0.595.